The number of piperidine rings is 1. The molecule has 0 saturated carbocycles. The molecule has 1 atom stereocenters. The van der Waals surface area contributed by atoms with Gasteiger partial charge in [-0.3, -0.25) is 9.48 Å². The van der Waals surface area contributed by atoms with Crippen molar-refractivity contribution in [2.75, 3.05) is 13.1 Å². The van der Waals surface area contributed by atoms with Crippen LogP contribution in [0, 0.1) is 0 Å². The SMILES string of the molecule is CCCn1ccnc1CNC(=O)Cn1ccc(C2CCCNC2)n1. The number of carbonyl (C=O) groups excluding carboxylic acids is 1. The summed E-state index contributed by atoms with van der Waals surface area (Å²) in [6.07, 6.45) is 9.00. The molecule has 0 aromatic carbocycles. The predicted octanol–water partition coefficient (Wildman–Crippen LogP) is 1.27. The average Bonchev–Trinajstić information content (AvgIpc) is 3.24. The summed E-state index contributed by atoms with van der Waals surface area (Å²) in [5, 5.41) is 10.9. The molecule has 0 radical (unpaired) electrons. The number of hydrogen-bond acceptors (Lipinski definition) is 4. The lowest BCUT2D eigenvalue weighted by Crippen LogP contribution is -2.30. The van der Waals surface area contributed by atoms with E-state index in [-0.39, 0.29) is 12.5 Å². The van der Waals surface area contributed by atoms with Gasteiger partial charge in [0.05, 0.1) is 12.2 Å². The van der Waals surface area contributed by atoms with Crippen LogP contribution in [0.25, 0.3) is 0 Å². The Hall–Kier alpha value is -2.15. The van der Waals surface area contributed by atoms with Crippen molar-refractivity contribution in [3.05, 3.63) is 36.2 Å². The fourth-order valence-corrected chi connectivity index (χ4v) is 3.12. The van der Waals surface area contributed by atoms with Crippen molar-refractivity contribution >= 4 is 5.91 Å². The van der Waals surface area contributed by atoms with Gasteiger partial charge in [0.25, 0.3) is 0 Å². The largest absolute Gasteiger partial charge is 0.347 e. The summed E-state index contributed by atoms with van der Waals surface area (Å²) in [5.74, 6) is 1.31. The Morgan fingerprint density at radius 1 is 1.46 bits per heavy atom. The van der Waals surface area contributed by atoms with E-state index in [2.05, 4.69) is 32.2 Å². The second-order valence-electron chi connectivity index (χ2n) is 6.30. The molecule has 1 amide bonds. The van der Waals surface area contributed by atoms with Crippen LogP contribution in [-0.4, -0.2) is 38.3 Å². The van der Waals surface area contributed by atoms with Gasteiger partial charge in [0.15, 0.2) is 0 Å². The number of aromatic nitrogens is 4. The molecule has 130 valence electrons. The zero-order valence-corrected chi connectivity index (χ0v) is 14.2. The molecule has 24 heavy (non-hydrogen) atoms. The van der Waals surface area contributed by atoms with E-state index in [1.165, 1.54) is 6.42 Å². The molecule has 7 nitrogen and oxygen atoms in total. The molecule has 2 aromatic rings. The van der Waals surface area contributed by atoms with Gasteiger partial charge in [-0.25, -0.2) is 4.98 Å². The van der Waals surface area contributed by atoms with E-state index >= 15 is 0 Å². The van der Waals surface area contributed by atoms with Crippen molar-refractivity contribution in [3.8, 4) is 0 Å². The highest BCUT2D eigenvalue weighted by atomic mass is 16.2. The maximum Gasteiger partial charge on any atom is 0.242 e. The normalized spacial score (nSPS) is 17.8. The summed E-state index contributed by atoms with van der Waals surface area (Å²) in [6, 6.07) is 2.03. The minimum atomic E-state index is -0.0440. The highest BCUT2D eigenvalue weighted by Crippen LogP contribution is 2.21. The summed E-state index contributed by atoms with van der Waals surface area (Å²) in [4.78, 5) is 16.4. The van der Waals surface area contributed by atoms with Gasteiger partial charge >= 0.3 is 0 Å². The highest BCUT2D eigenvalue weighted by Gasteiger charge is 2.17. The molecule has 1 unspecified atom stereocenters. The molecule has 0 bridgehead atoms. The molecular formula is C17H26N6O. The lowest BCUT2D eigenvalue weighted by molar-refractivity contribution is -0.122. The second kappa shape index (κ2) is 8.10. The molecule has 2 aromatic heterocycles. The van der Waals surface area contributed by atoms with Crippen LogP contribution in [0.4, 0.5) is 0 Å². The first-order valence-electron chi connectivity index (χ1n) is 8.77. The molecule has 1 saturated heterocycles. The number of hydrogen-bond donors (Lipinski definition) is 2. The molecule has 2 N–H and O–H groups in total. The first-order chi connectivity index (χ1) is 11.8. The van der Waals surface area contributed by atoms with E-state index in [0.717, 1.165) is 44.0 Å². The molecule has 1 aliphatic rings. The Bertz CT molecular complexity index is 656. The summed E-state index contributed by atoms with van der Waals surface area (Å²) in [5.41, 5.74) is 1.08. The van der Waals surface area contributed by atoms with Gasteiger partial charge in [0, 0.05) is 37.6 Å². The van der Waals surface area contributed by atoms with Crippen molar-refractivity contribution in [3.63, 3.8) is 0 Å². The minimum absolute atomic E-state index is 0.0440. The average molecular weight is 330 g/mol. The zero-order valence-electron chi connectivity index (χ0n) is 14.2. The Balaban J connectivity index is 1.49. The molecule has 1 fully saturated rings. The van der Waals surface area contributed by atoms with E-state index in [4.69, 9.17) is 0 Å². The topological polar surface area (TPSA) is 76.8 Å². The van der Waals surface area contributed by atoms with E-state index in [9.17, 15) is 4.79 Å². The molecule has 7 heteroatoms. The van der Waals surface area contributed by atoms with Crippen LogP contribution in [0.1, 0.15) is 43.6 Å². The van der Waals surface area contributed by atoms with E-state index < -0.39 is 0 Å². The van der Waals surface area contributed by atoms with E-state index in [1.54, 1.807) is 10.9 Å². The summed E-state index contributed by atoms with van der Waals surface area (Å²) < 4.78 is 3.79. The molecule has 0 aliphatic carbocycles. The summed E-state index contributed by atoms with van der Waals surface area (Å²) in [7, 11) is 0. The van der Waals surface area contributed by atoms with Crippen LogP contribution in [0.3, 0.4) is 0 Å². The van der Waals surface area contributed by atoms with Crippen molar-refractivity contribution < 1.29 is 4.79 Å². The number of imidazole rings is 1. The van der Waals surface area contributed by atoms with Crippen LogP contribution in [0.5, 0.6) is 0 Å². The number of nitrogens with zero attached hydrogens (tertiary/aromatic N) is 4. The Morgan fingerprint density at radius 3 is 3.17 bits per heavy atom. The predicted molar refractivity (Wildman–Crippen MR) is 91.4 cm³/mol. The maximum atomic E-state index is 12.1. The van der Waals surface area contributed by atoms with Crippen LogP contribution >= 0.6 is 0 Å². The lowest BCUT2D eigenvalue weighted by Gasteiger charge is -2.20. The van der Waals surface area contributed by atoms with E-state index in [0.29, 0.717) is 12.5 Å². The fourth-order valence-electron chi connectivity index (χ4n) is 3.12. The number of rotatable bonds is 7. The quantitative estimate of drug-likeness (QED) is 0.802. The summed E-state index contributed by atoms with van der Waals surface area (Å²) in [6.45, 7) is 5.81. The number of aryl methyl sites for hydroxylation is 1. The lowest BCUT2D eigenvalue weighted by atomic mass is 9.97. The third-order valence-corrected chi connectivity index (χ3v) is 4.39. The number of amides is 1. The smallest absolute Gasteiger partial charge is 0.242 e. The molecule has 0 spiro atoms. The molecule has 3 rings (SSSR count). The standard InChI is InChI=1S/C17H26N6O/c1-2-8-22-10-7-19-16(22)12-20-17(24)13-23-9-5-15(21-23)14-4-3-6-18-11-14/h5,7,9-10,14,18H,2-4,6,8,11-13H2,1H3,(H,20,24). The monoisotopic (exact) mass is 330 g/mol. The number of nitrogens with one attached hydrogen (secondary N) is 2. The Labute approximate surface area is 142 Å². The third kappa shape index (κ3) is 4.23. The summed E-state index contributed by atoms with van der Waals surface area (Å²) >= 11 is 0. The van der Waals surface area contributed by atoms with Crippen molar-refractivity contribution in [2.24, 2.45) is 0 Å². The second-order valence-corrected chi connectivity index (χ2v) is 6.30. The van der Waals surface area contributed by atoms with Gasteiger partial charge in [-0.05, 0) is 31.9 Å². The first-order valence-corrected chi connectivity index (χ1v) is 8.77. The van der Waals surface area contributed by atoms with Gasteiger partial charge in [0.1, 0.15) is 12.4 Å². The van der Waals surface area contributed by atoms with E-state index in [1.807, 2.05) is 18.5 Å². The van der Waals surface area contributed by atoms with Gasteiger partial charge in [0.2, 0.25) is 5.91 Å². The van der Waals surface area contributed by atoms with Crippen molar-refractivity contribution in [1.82, 2.24) is 30.0 Å². The van der Waals surface area contributed by atoms with Crippen molar-refractivity contribution in [2.45, 2.75) is 51.7 Å². The Kier molecular flexibility index (Phi) is 5.63. The third-order valence-electron chi connectivity index (χ3n) is 4.39. The van der Waals surface area contributed by atoms with Gasteiger partial charge in [-0.2, -0.15) is 5.10 Å². The highest BCUT2D eigenvalue weighted by molar-refractivity contribution is 5.75. The molecule has 3 heterocycles. The van der Waals surface area contributed by atoms with Gasteiger partial charge < -0.3 is 15.2 Å². The fraction of sp³-hybridized carbons (Fsp3) is 0.588. The minimum Gasteiger partial charge on any atom is -0.347 e. The van der Waals surface area contributed by atoms with Crippen LogP contribution in [0.15, 0.2) is 24.7 Å². The van der Waals surface area contributed by atoms with Crippen molar-refractivity contribution in [1.29, 1.82) is 0 Å². The molecule has 1 aliphatic heterocycles. The molecular weight excluding hydrogens is 304 g/mol. The Morgan fingerprint density at radius 2 is 2.38 bits per heavy atom. The zero-order chi connectivity index (χ0) is 16.8. The van der Waals surface area contributed by atoms with Gasteiger partial charge in [-0.15, -0.1) is 0 Å². The van der Waals surface area contributed by atoms with Crippen LogP contribution in [0.2, 0.25) is 0 Å². The van der Waals surface area contributed by atoms with Crippen LogP contribution < -0.4 is 10.6 Å². The maximum absolute atomic E-state index is 12.1. The number of carbonyl (C=O) groups is 1. The van der Waals surface area contributed by atoms with Gasteiger partial charge in [-0.1, -0.05) is 6.92 Å². The first kappa shape index (κ1) is 16.7. The van der Waals surface area contributed by atoms with Crippen LogP contribution in [-0.2, 0) is 24.4 Å².